The van der Waals surface area contributed by atoms with Gasteiger partial charge < -0.3 is 0 Å². The Kier molecular flexibility index (Phi) is 4.38. The number of carbonyl (C=O) groups excluding carboxylic acids is 1. The highest BCUT2D eigenvalue weighted by Crippen LogP contribution is 2.27. The molecule has 0 saturated heterocycles. The first-order valence-corrected chi connectivity index (χ1v) is 7.51. The Bertz CT molecular complexity index is 787. The number of benzene rings is 2. The summed E-state index contributed by atoms with van der Waals surface area (Å²) in [4.78, 5) is 12.4. The standard InChI is InChI=1S/C18H15F3N2O/c1-11-9-16(12-5-7-13(8-6-12)17(20)21)22-23(18(11)24)15-4-2-3-14(19)10-15/h2-8,10-11,17H,9H2,1H3. The summed E-state index contributed by atoms with van der Waals surface area (Å²) in [5.41, 5.74) is 1.54. The van der Waals surface area contributed by atoms with Crippen LogP contribution in [0.3, 0.4) is 0 Å². The molecule has 1 amide bonds. The van der Waals surface area contributed by atoms with Crippen molar-refractivity contribution in [3.8, 4) is 0 Å². The van der Waals surface area contributed by atoms with Gasteiger partial charge in [-0.15, -0.1) is 0 Å². The molecule has 0 bridgehead atoms. The Balaban J connectivity index is 1.98. The Morgan fingerprint density at radius 2 is 1.88 bits per heavy atom. The smallest absolute Gasteiger partial charge is 0.263 e. The van der Waals surface area contributed by atoms with Crippen LogP contribution in [0.4, 0.5) is 18.9 Å². The van der Waals surface area contributed by atoms with Gasteiger partial charge in [-0.25, -0.2) is 18.2 Å². The molecule has 1 aliphatic rings. The number of alkyl halides is 2. The minimum absolute atomic E-state index is 0.0683. The molecule has 0 N–H and O–H groups in total. The lowest BCUT2D eigenvalue weighted by Gasteiger charge is -2.27. The molecular formula is C18H15F3N2O. The molecule has 0 aliphatic carbocycles. The second-order valence-corrected chi connectivity index (χ2v) is 5.70. The van der Waals surface area contributed by atoms with E-state index in [-0.39, 0.29) is 17.4 Å². The van der Waals surface area contributed by atoms with E-state index < -0.39 is 12.2 Å². The molecule has 3 nitrogen and oxygen atoms in total. The summed E-state index contributed by atoms with van der Waals surface area (Å²) in [5.74, 6) is -1.03. The Morgan fingerprint density at radius 1 is 1.17 bits per heavy atom. The van der Waals surface area contributed by atoms with Gasteiger partial charge in [-0.2, -0.15) is 5.10 Å². The second-order valence-electron chi connectivity index (χ2n) is 5.70. The molecule has 6 heteroatoms. The van der Waals surface area contributed by atoms with Crippen molar-refractivity contribution >= 4 is 17.3 Å². The van der Waals surface area contributed by atoms with Crippen LogP contribution in [0.15, 0.2) is 53.6 Å². The molecular weight excluding hydrogens is 317 g/mol. The van der Waals surface area contributed by atoms with Crippen LogP contribution in [-0.4, -0.2) is 11.6 Å². The van der Waals surface area contributed by atoms with E-state index in [4.69, 9.17) is 0 Å². The van der Waals surface area contributed by atoms with Crippen LogP contribution in [-0.2, 0) is 4.79 Å². The molecule has 0 saturated carbocycles. The molecule has 2 aromatic carbocycles. The van der Waals surface area contributed by atoms with E-state index in [1.165, 1.54) is 35.3 Å². The molecule has 0 fully saturated rings. The lowest BCUT2D eigenvalue weighted by molar-refractivity contribution is -0.122. The maximum absolute atomic E-state index is 13.4. The van der Waals surface area contributed by atoms with Gasteiger partial charge in [-0.05, 0) is 23.8 Å². The van der Waals surface area contributed by atoms with Crippen LogP contribution in [0.25, 0.3) is 0 Å². The third-order valence-electron chi connectivity index (χ3n) is 3.90. The zero-order chi connectivity index (χ0) is 17.3. The predicted octanol–water partition coefficient (Wildman–Crippen LogP) is 4.54. The van der Waals surface area contributed by atoms with Gasteiger partial charge in [0.25, 0.3) is 12.3 Å². The highest BCUT2D eigenvalue weighted by atomic mass is 19.3. The van der Waals surface area contributed by atoms with Crippen molar-refractivity contribution in [2.75, 3.05) is 5.01 Å². The number of nitrogens with zero attached hydrogens (tertiary/aromatic N) is 2. The molecule has 0 aromatic heterocycles. The number of hydrogen-bond donors (Lipinski definition) is 0. The fourth-order valence-electron chi connectivity index (χ4n) is 2.59. The highest BCUT2D eigenvalue weighted by Gasteiger charge is 2.29. The van der Waals surface area contributed by atoms with Gasteiger partial charge in [-0.1, -0.05) is 37.3 Å². The zero-order valence-electron chi connectivity index (χ0n) is 12.9. The van der Waals surface area contributed by atoms with Crippen molar-refractivity contribution in [2.24, 2.45) is 11.0 Å². The van der Waals surface area contributed by atoms with E-state index in [2.05, 4.69) is 5.10 Å². The molecule has 0 spiro atoms. The third-order valence-corrected chi connectivity index (χ3v) is 3.90. The fraction of sp³-hybridized carbons (Fsp3) is 0.222. The van der Waals surface area contributed by atoms with Crippen molar-refractivity contribution < 1.29 is 18.0 Å². The normalized spacial score (nSPS) is 18.0. The third kappa shape index (κ3) is 3.18. The van der Waals surface area contributed by atoms with E-state index >= 15 is 0 Å². The number of hydrogen-bond acceptors (Lipinski definition) is 2. The van der Waals surface area contributed by atoms with Crippen molar-refractivity contribution in [1.29, 1.82) is 0 Å². The van der Waals surface area contributed by atoms with E-state index in [1.807, 2.05) is 0 Å². The number of carbonyl (C=O) groups is 1. The van der Waals surface area contributed by atoms with Gasteiger partial charge in [0.15, 0.2) is 0 Å². The quantitative estimate of drug-likeness (QED) is 0.812. The molecule has 1 atom stereocenters. The van der Waals surface area contributed by atoms with Crippen molar-refractivity contribution in [3.63, 3.8) is 0 Å². The predicted molar refractivity (Wildman–Crippen MR) is 85.6 cm³/mol. The average molecular weight is 332 g/mol. The zero-order valence-corrected chi connectivity index (χ0v) is 12.9. The van der Waals surface area contributed by atoms with Crippen molar-refractivity contribution in [3.05, 3.63) is 65.5 Å². The summed E-state index contributed by atoms with van der Waals surface area (Å²) in [6.45, 7) is 1.76. The van der Waals surface area contributed by atoms with Gasteiger partial charge in [0.1, 0.15) is 5.82 Å². The lowest BCUT2D eigenvalue weighted by atomic mass is 9.96. The number of rotatable bonds is 3. The van der Waals surface area contributed by atoms with E-state index in [9.17, 15) is 18.0 Å². The van der Waals surface area contributed by atoms with E-state index in [0.29, 0.717) is 23.4 Å². The van der Waals surface area contributed by atoms with E-state index in [0.717, 1.165) is 0 Å². The summed E-state index contributed by atoms with van der Waals surface area (Å²) in [7, 11) is 0. The summed E-state index contributed by atoms with van der Waals surface area (Å²) >= 11 is 0. The van der Waals surface area contributed by atoms with E-state index in [1.54, 1.807) is 25.1 Å². The first kappa shape index (κ1) is 16.2. The van der Waals surface area contributed by atoms with Crippen LogP contribution < -0.4 is 5.01 Å². The number of anilines is 1. The highest BCUT2D eigenvalue weighted by molar-refractivity contribution is 6.09. The Hall–Kier alpha value is -2.63. The van der Waals surface area contributed by atoms with Crippen LogP contribution in [0.1, 0.15) is 30.9 Å². The molecule has 3 rings (SSSR count). The van der Waals surface area contributed by atoms with Crippen LogP contribution in [0, 0.1) is 11.7 Å². The molecule has 1 heterocycles. The largest absolute Gasteiger partial charge is 0.272 e. The number of halogens is 3. The minimum Gasteiger partial charge on any atom is -0.272 e. The molecule has 24 heavy (non-hydrogen) atoms. The van der Waals surface area contributed by atoms with Crippen molar-refractivity contribution in [1.82, 2.24) is 0 Å². The van der Waals surface area contributed by atoms with Gasteiger partial charge in [0, 0.05) is 17.9 Å². The maximum atomic E-state index is 13.4. The van der Waals surface area contributed by atoms with Gasteiger partial charge >= 0.3 is 0 Å². The monoisotopic (exact) mass is 332 g/mol. The maximum Gasteiger partial charge on any atom is 0.263 e. The van der Waals surface area contributed by atoms with Crippen LogP contribution >= 0.6 is 0 Å². The van der Waals surface area contributed by atoms with Gasteiger partial charge in [-0.3, -0.25) is 4.79 Å². The topological polar surface area (TPSA) is 32.7 Å². The van der Waals surface area contributed by atoms with Gasteiger partial charge in [0.2, 0.25) is 0 Å². The summed E-state index contributed by atoms with van der Waals surface area (Å²) in [5, 5.41) is 5.49. The van der Waals surface area contributed by atoms with Crippen LogP contribution in [0.5, 0.6) is 0 Å². The molecule has 1 aliphatic heterocycles. The minimum atomic E-state index is -2.53. The average Bonchev–Trinajstić information content (AvgIpc) is 2.57. The first-order chi connectivity index (χ1) is 11.5. The SMILES string of the molecule is CC1CC(c2ccc(C(F)F)cc2)=NN(c2cccc(F)c2)C1=O. The first-order valence-electron chi connectivity index (χ1n) is 7.51. The number of amides is 1. The molecule has 1 unspecified atom stereocenters. The summed E-state index contributed by atoms with van der Waals surface area (Å²) in [6.07, 6.45) is -2.13. The molecule has 124 valence electrons. The lowest BCUT2D eigenvalue weighted by Crippen LogP contribution is -2.37. The summed E-state index contributed by atoms with van der Waals surface area (Å²) < 4.78 is 38.7. The Labute approximate surface area is 137 Å². The fourth-order valence-corrected chi connectivity index (χ4v) is 2.59. The van der Waals surface area contributed by atoms with Gasteiger partial charge in [0.05, 0.1) is 11.4 Å². The molecule has 2 aromatic rings. The molecule has 0 radical (unpaired) electrons. The van der Waals surface area contributed by atoms with Crippen molar-refractivity contribution in [2.45, 2.75) is 19.8 Å². The Morgan fingerprint density at radius 3 is 2.50 bits per heavy atom. The second kappa shape index (κ2) is 6.47. The van der Waals surface area contributed by atoms with Crippen LogP contribution in [0.2, 0.25) is 0 Å². The number of hydrazone groups is 1. The summed E-state index contributed by atoms with van der Waals surface area (Å²) in [6, 6.07) is 11.4.